The lowest BCUT2D eigenvalue weighted by Gasteiger charge is -2.38. The summed E-state index contributed by atoms with van der Waals surface area (Å²) in [7, 11) is 0. The lowest BCUT2D eigenvalue weighted by molar-refractivity contribution is 0.607. The second kappa shape index (κ2) is 15.3. The molecule has 0 saturated carbocycles. The Balaban J connectivity index is 0.987. The van der Waals surface area contributed by atoms with Crippen LogP contribution in [0.4, 0.5) is 0 Å². The summed E-state index contributed by atoms with van der Waals surface area (Å²) in [6, 6.07) is 64.3. The molecule has 2 aliphatic heterocycles. The van der Waals surface area contributed by atoms with E-state index in [1.807, 2.05) is 35.3 Å². The van der Waals surface area contributed by atoms with E-state index in [1.54, 1.807) is 0 Å². The molecule has 3 heteroatoms. The van der Waals surface area contributed by atoms with Crippen molar-refractivity contribution in [2.24, 2.45) is 0 Å². The van der Waals surface area contributed by atoms with Crippen molar-refractivity contribution in [3.05, 3.63) is 251 Å². The lowest BCUT2D eigenvalue weighted by Crippen LogP contribution is -2.29. The van der Waals surface area contributed by atoms with E-state index < -0.39 is 5.41 Å². The largest absolute Gasteiger partial charge is 0.0949 e. The van der Waals surface area contributed by atoms with Gasteiger partial charge in [-0.2, -0.15) is 0 Å². The molecule has 12 rings (SSSR count). The van der Waals surface area contributed by atoms with Crippen LogP contribution in [0, 0.1) is 0 Å². The maximum Gasteiger partial charge on any atom is 0.0713 e. The predicted octanol–water partition coefficient (Wildman–Crippen LogP) is 17.3. The van der Waals surface area contributed by atoms with E-state index in [1.165, 1.54) is 107 Å². The molecular formula is C62H48S3. The molecule has 0 fully saturated rings. The molecule has 314 valence electrons. The number of rotatable bonds is 4. The Kier molecular flexibility index (Phi) is 9.55. The summed E-state index contributed by atoms with van der Waals surface area (Å²) in [4.78, 5) is 8.09. The molecular weight excluding hydrogens is 841 g/mol. The van der Waals surface area contributed by atoms with Crippen LogP contribution in [0.3, 0.4) is 0 Å². The SMILES string of the molecule is C=C1/C=C\C=C/Cc2c(ccc3c2Sc2c(cccc2-c2cccc(-c4cccc5c4Sc4c(ccc6c4-c4ccccc4C6(c4ccccc4)c4ccccc4)C5(C)C)c2)S3)C1(C)C. The fourth-order valence-corrected chi connectivity index (χ4v) is 15.4. The molecule has 0 spiro atoms. The first-order valence-corrected chi connectivity index (χ1v) is 25.1. The van der Waals surface area contributed by atoms with Crippen molar-refractivity contribution in [2.45, 2.75) is 79.7 Å². The van der Waals surface area contributed by atoms with Crippen LogP contribution < -0.4 is 0 Å². The van der Waals surface area contributed by atoms with Gasteiger partial charge in [0.15, 0.2) is 0 Å². The van der Waals surface area contributed by atoms with Gasteiger partial charge in [-0.25, -0.2) is 0 Å². The Morgan fingerprint density at radius 2 is 1.00 bits per heavy atom. The summed E-state index contributed by atoms with van der Waals surface area (Å²) >= 11 is 5.84. The van der Waals surface area contributed by atoms with Crippen molar-refractivity contribution in [1.29, 1.82) is 0 Å². The van der Waals surface area contributed by atoms with Gasteiger partial charge in [0.2, 0.25) is 0 Å². The first-order chi connectivity index (χ1) is 31.7. The van der Waals surface area contributed by atoms with Gasteiger partial charge < -0.3 is 0 Å². The second-order valence-electron chi connectivity index (χ2n) is 18.8. The molecule has 65 heavy (non-hydrogen) atoms. The zero-order valence-electron chi connectivity index (χ0n) is 37.1. The van der Waals surface area contributed by atoms with Crippen LogP contribution in [0.1, 0.15) is 72.2 Å². The van der Waals surface area contributed by atoms with Crippen LogP contribution in [0.2, 0.25) is 0 Å². The monoisotopic (exact) mass is 888 g/mol. The van der Waals surface area contributed by atoms with Crippen molar-refractivity contribution in [3.63, 3.8) is 0 Å². The molecule has 0 nitrogen and oxygen atoms in total. The molecule has 0 aromatic heterocycles. The highest BCUT2D eigenvalue weighted by Gasteiger charge is 2.49. The number of allylic oxidation sites excluding steroid dienone is 5. The number of benzene rings is 8. The van der Waals surface area contributed by atoms with Gasteiger partial charge in [-0.1, -0.05) is 246 Å². The van der Waals surface area contributed by atoms with Crippen LogP contribution >= 0.6 is 35.3 Å². The van der Waals surface area contributed by atoms with Gasteiger partial charge in [0.05, 0.1) is 5.41 Å². The highest BCUT2D eigenvalue weighted by atomic mass is 32.2. The van der Waals surface area contributed by atoms with E-state index in [4.69, 9.17) is 0 Å². The number of hydrogen-bond acceptors (Lipinski definition) is 3. The zero-order chi connectivity index (χ0) is 44.1. The maximum absolute atomic E-state index is 4.51. The Bertz CT molecular complexity index is 3290. The molecule has 0 N–H and O–H groups in total. The minimum atomic E-state index is -0.441. The van der Waals surface area contributed by atoms with Crippen LogP contribution in [0.5, 0.6) is 0 Å². The maximum atomic E-state index is 4.51. The van der Waals surface area contributed by atoms with E-state index in [0.29, 0.717) is 0 Å². The number of fused-ring (bicyclic) bond motifs is 10. The first-order valence-electron chi connectivity index (χ1n) is 22.7. The molecule has 8 aromatic rings. The van der Waals surface area contributed by atoms with Gasteiger partial charge in [0.1, 0.15) is 0 Å². The summed E-state index contributed by atoms with van der Waals surface area (Å²) in [6.07, 6.45) is 9.68. The van der Waals surface area contributed by atoms with Crippen molar-refractivity contribution >= 4 is 35.3 Å². The van der Waals surface area contributed by atoms with Crippen LogP contribution in [0.15, 0.2) is 236 Å². The highest BCUT2D eigenvalue weighted by molar-refractivity contribution is 8.05. The molecule has 0 bridgehead atoms. The lowest BCUT2D eigenvalue weighted by atomic mass is 9.67. The van der Waals surface area contributed by atoms with Gasteiger partial charge in [-0.3, -0.25) is 0 Å². The quantitative estimate of drug-likeness (QED) is 0.173. The van der Waals surface area contributed by atoms with Crippen molar-refractivity contribution < 1.29 is 0 Å². The van der Waals surface area contributed by atoms with E-state index >= 15 is 0 Å². The minimum Gasteiger partial charge on any atom is -0.0949 e. The van der Waals surface area contributed by atoms with E-state index in [-0.39, 0.29) is 10.8 Å². The molecule has 4 aliphatic rings. The average molecular weight is 889 g/mol. The van der Waals surface area contributed by atoms with Gasteiger partial charge >= 0.3 is 0 Å². The van der Waals surface area contributed by atoms with Crippen LogP contribution in [-0.2, 0) is 22.7 Å². The Morgan fingerprint density at radius 1 is 0.431 bits per heavy atom. The summed E-state index contributed by atoms with van der Waals surface area (Å²) < 4.78 is 0. The molecule has 0 radical (unpaired) electrons. The highest BCUT2D eigenvalue weighted by Crippen LogP contribution is 2.63. The van der Waals surface area contributed by atoms with E-state index in [2.05, 4.69) is 228 Å². The second-order valence-corrected chi connectivity index (χ2v) is 21.9. The first kappa shape index (κ1) is 40.5. The fraction of sp³-hybridized carbons (Fsp3) is 0.129. The molecule has 0 atom stereocenters. The van der Waals surface area contributed by atoms with E-state index in [0.717, 1.165) is 12.0 Å². The van der Waals surface area contributed by atoms with Crippen molar-refractivity contribution in [3.8, 4) is 33.4 Å². The third-order valence-corrected chi connectivity index (χ3v) is 18.6. The van der Waals surface area contributed by atoms with Crippen molar-refractivity contribution in [1.82, 2.24) is 0 Å². The topological polar surface area (TPSA) is 0 Å². The Labute approximate surface area is 396 Å². The Morgan fingerprint density at radius 3 is 1.75 bits per heavy atom. The van der Waals surface area contributed by atoms with Crippen LogP contribution in [0.25, 0.3) is 33.4 Å². The van der Waals surface area contributed by atoms with Gasteiger partial charge in [0.25, 0.3) is 0 Å². The molecule has 0 amide bonds. The summed E-state index contributed by atoms with van der Waals surface area (Å²) in [5.74, 6) is 0. The normalized spacial score (nSPS) is 17.6. The summed E-state index contributed by atoms with van der Waals surface area (Å²) in [6.45, 7) is 14.0. The molecule has 2 heterocycles. The third-order valence-electron chi connectivity index (χ3n) is 14.6. The standard InChI is InChI=1S/C62H48S3/c1-39-20-9-6-14-28-47-48(60(39,2)3)36-37-54-58(47)65-57-45(30-19-33-53(57)63-54)41-22-17-21-40(38-41)44-29-18-32-51-56(44)64-59-52(61(51,4)5)35-34-50-55(59)46-27-15-16-31-49(46)62(50,42-23-10-7-11-24-42)43-25-12-8-13-26-43/h6-27,29-38H,1,28H2,2-5H3/b14-6-,20-9-. The summed E-state index contributed by atoms with van der Waals surface area (Å²) in [5.41, 5.74) is 18.9. The summed E-state index contributed by atoms with van der Waals surface area (Å²) in [5, 5.41) is 0. The van der Waals surface area contributed by atoms with Gasteiger partial charge in [-0.15, -0.1) is 0 Å². The van der Waals surface area contributed by atoms with Crippen LogP contribution in [-0.4, -0.2) is 0 Å². The van der Waals surface area contributed by atoms with Crippen molar-refractivity contribution in [2.75, 3.05) is 0 Å². The Hall–Kier alpha value is -5.97. The predicted molar refractivity (Wildman–Crippen MR) is 276 cm³/mol. The minimum absolute atomic E-state index is 0.176. The fourth-order valence-electron chi connectivity index (χ4n) is 11.1. The molecule has 2 aliphatic carbocycles. The zero-order valence-corrected chi connectivity index (χ0v) is 39.6. The van der Waals surface area contributed by atoms with Gasteiger partial charge in [-0.05, 0) is 103 Å². The van der Waals surface area contributed by atoms with E-state index in [9.17, 15) is 0 Å². The molecule has 0 saturated heterocycles. The molecule has 8 aromatic carbocycles. The average Bonchev–Trinajstić information content (AvgIpc) is 3.66. The van der Waals surface area contributed by atoms with Gasteiger partial charge in [0, 0.05) is 45.8 Å². The number of hydrogen-bond donors (Lipinski definition) is 0. The smallest absolute Gasteiger partial charge is 0.0713 e. The third kappa shape index (κ3) is 6.08. The molecule has 0 unspecified atom stereocenters.